The summed E-state index contributed by atoms with van der Waals surface area (Å²) in [4.78, 5) is 11.2. The highest BCUT2D eigenvalue weighted by Gasteiger charge is 2.42. The van der Waals surface area contributed by atoms with Gasteiger partial charge in [-0.05, 0) is 43.9 Å². The van der Waals surface area contributed by atoms with Gasteiger partial charge < -0.3 is 14.9 Å². The van der Waals surface area contributed by atoms with Gasteiger partial charge in [-0.15, -0.1) is 0 Å². The third-order valence-corrected chi connectivity index (χ3v) is 4.77. The Morgan fingerprint density at radius 1 is 1.18 bits per heavy atom. The Labute approximate surface area is 133 Å². The van der Waals surface area contributed by atoms with Gasteiger partial charge in [0.2, 0.25) is 0 Å². The molecule has 5 heteroatoms. The molecule has 0 spiro atoms. The van der Waals surface area contributed by atoms with E-state index >= 15 is 0 Å². The molecular weight excluding hydrogens is 282 g/mol. The van der Waals surface area contributed by atoms with Crippen LogP contribution >= 0.6 is 0 Å². The highest BCUT2D eigenvalue weighted by atomic mass is 16.5. The molecule has 0 saturated heterocycles. The van der Waals surface area contributed by atoms with E-state index in [1.165, 1.54) is 0 Å². The van der Waals surface area contributed by atoms with Crippen LogP contribution in [0.15, 0.2) is 0 Å². The maximum Gasteiger partial charge on any atom is 0.305 e. The predicted molar refractivity (Wildman–Crippen MR) is 82.7 cm³/mol. The van der Waals surface area contributed by atoms with Crippen molar-refractivity contribution in [3.05, 3.63) is 0 Å². The minimum absolute atomic E-state index is 0.0102. The van der Waals surface area contributed by atoms with E-state index < -0.39 is 0 Å². The first-order valence-corrected chi connectivity index (χ1v) is 8.44. The zero-order valence-corrected chi connectivity index (χ0v) is 13.5. The largest absolute Gasteiger partial charge is 0.466 e. The third-order valence-electron chi connectivity index (χ3n) is 4.77. The van der Waals surface area contributed by atoms with Gasteiger partial charge in [0.1, 0.15) is 0 Å². The van der Waals surface area contributed by atoms with Crippen LogP contribution in [0.2, 0.25) is 0 Å². The fraction of sp³-hybridized carbons (Fsp3) is 0.882. The first kappa shape index (κ1) is 18.9. The fourth-order valence-electron chi connectivity index (χ4n) is 3.60. The summed E-state index contributed by atoms with van der Waals surface area (Å²) < 4.78 is 4.88. The van der Waals surface area contributed by atoms with Crippen molar-refractivity contribution in [1.29, 1.82) is 5.26 Å². The maximum atomic E-state index is 11.2. The Morgan fingerprint density at radius 2 is 1.86 bits per heavy atom. The second-order valence-electron chi connectivity index (χ2n) is 6.20. The number of hydrogen-bond donors (Lipinski definition) is 2. The summed E-state index contributed by atoms with van der Waals surface area (Å²) in [6.45, 7) is 2.37. The topological polar surface area (TPSA) is 90.6 Å². The van der Waals surface area contributed by atoms with Crippen molar-refractivity contribution in [2.45, 2.75) is 51.9 Å². The molecule has 4 unspecified atom stereocenters. The summed E-state index contributed by atoms with van der Waals surface area (Å²) in [5, 5.41) is 28.1. The molecule has 1 aliphatic rings. The Balaban J connectivity index is 2.25. The van der Waals surface area contributed by atoms with Crippen molar-refractivity contribution in [3.63, 3.8) is 0 Å². The number of carbonyl (C=O) groups excluding carboxylic acids is 1. The molecule has 0 bridgehead atoms. The lowest BCUT2D eigenvalue weighted by Crippen LogP contribution is -2.19. The van der Waals surface area contributed by atoms with Gasteiger partial charge in [-0.3, -0.25) is 4.79 Å². The summed E-state index contributed by atoms with van der Waals surface area (Å²) >= 11 is 0. The first-order chi connectivity index (χ1) is 10.7. The molecule has 0 aliphatic heterocycles. The Morgan fingerprint density at radius 3 is 2.45 bits per heavy atom. The normalized spacial score (nSPS) is 27.5. The van der Waals surface area contributed by atoms with E-state index in [9.17, 15) is 20.3 Å². The van der Waals surface area contributed by atoms with Crippen LogP contribution < -0.4 is 0 Å². The zero-order valence-electron chi connectivity index (χ0n) is 13.5. The van der Waals surface area contributed by atoms with Crippen LogP contribution in [0.5, 0.6) is 0 Å². The van der Waals surface area contributed by atoms with Crippen LogP contribution in [0.4, 0.5) is 0 Å². The van der Waals surface area contributed by atoms with E-state index in [0.717, 1.165) is 38.5 Å². The predicted octanol–water partition coefficient (Wildman–Crippen LogP) is 2.27. The molecule has 0 amide bonds. The summed E-state index contributed by atoms with van der Waals surface area (Å²) in [7, 11) is 0. The van der Waals surface area contributed by atoms with E-state index in [4.69, 9.17) is 4.74 Å². The highest BCUT2D eigenvalue weighted by molar-refractivity contribution is 5.69. The van der Waals surface area contributed by atoms with Crippen molar-refractivity contribution in [1.82, 2.24) is 0 Å². The van der Waals surface area contributed by atoms with Gasteiger partial charge in [0.05, 0.1) is 18.6 Å². The quantitative estimate of drug-likeness (QED) is 0.477. The van der Waals surface area contributed by atoms with Crippen molar-refractivity contribution in [2.24, 2.45) is 23.7 Å². The number of esters is 1. The molecule has 0 aromatic rings. The van der Waals surface area contributed by atoms with Gasteiger partial charge in [0.25, 0.3) is 0 Å². The molecule has 1 aliphatic carbocycles. The van der Waals surface area contributed by atoms with E-state index in [1.54, 1.807) is 0 Å². The number of nitriles is 1. The molecule has 1 fully saturated rings. The molecule has 1 rings (SSSR count). The SMILES string of the molecule is CCOC(=O)CCCCCCC1C(CO)CC(CO)C1C#N. The molecule has 0 radical (unpaired) electrons. The second kappa shape index (κ2) is 10.6. The second-order valence-corrected chi connectivity index (χ2v) is 6.20. The summed E-state index contributed by atoms with van der Waals surface area (Å²) in [6, 6.07) is 2.33. The minimum Gasteiger partial charge on any atom is -0.466 e. The van der Waals surface area contributed by atoms with Crippen LogP contribution in [-0.2, 0) is 9.53 Å². The Kier molecular flexibility index (Phi) is 9.10. The number of aliphatic hydroxyl groups excluding tert-OH is 2. The summed E-state index contributed by atoms with van der Waals surface area (Å²) in [5.41, 5.74) is 0. The Bertz CT molecular complexity index is 366. The Hall–Kier alpha value is -1.12. The molecule has 0 heterocycles. The van der Waals surface area contributed by atoms with Crippen molar-refractivity contribution >= 4 is 5.97 Å². The van der Waals surface area contributed by atoms with E-state index in [0.29, 0.717) is 13.0 Å². The number of hydrogen-bond acceptors (Lipinski definition) is 5. The lowest BCUT2D eigenvalue weighted by molar-refractivity contribution is -0.143. The lowest BCUT2D eigenvalue weighted by Gasteiger charge is -2.20. The lowest BCUT2D eigenvalue weighted by atomic mass is 9.84. The molecule has 22 heavy (non-hydrogen) atoms. The average molecular weight is 311 g/mol. The number of ether oxygens (including phenoxy) is 1. The van der Waals surface area contributed by atoms with Crippen LogP contribution in [-0.4, -0.2) is 36.0 Å². The highest BCUT2D eigenvalue weighted by Crippen LogP contribution is 2.43. The van der Waals surface area contributed by atoms with Gasteiger partial charge in [-0.2, -0.15) is 5.26 Å². The molecular formula is C17H29NO4. The average Bonchev–Trinajstić information content (AvgIpc) is 2.87. The molecule has 126 valence electrons. The molecule has 2 N–H and O–H groups in total. The van der Waals surface area contributed by atoms with Crippen molar-refractivity contribution < 1.29 is 19.7 Å². The molecule has 5 nitrogen and oxygen atoms in total. The van der Waals surface area contributed by atoms with Gasteiger partial charge in [-0.25, -0.2) is 0 Å². The smallest absolute Gasteiger partial charge is 0.305 e. The third kappa shape index (κ3) is 5.58. The number of unbranched alkanes of at least 4 members (excludes halogenated alkanes) is 3. The van der Waals surface area contributed by atoms with E-state index in [1.807, 2.05) is 6.92 Å². The van der Waals surface area contributed by atoms with E-state index in [2.05, 4.69) is 6.07 Å². The zero-order chi connectivity index (χ0) is 16.4. The van der Waals surface area contributed by atoms with Gasteiger partial charge in [-0.1, -0.05) is 19.3 Å². The number of rotatable bonds is 10. The van der Waals surface area contributed by atoms with E-state index in [-0.39, 0.29) is 42.9 Å². The minimum atomic E-state index is -0.137. The van der Waals surface area contributed by atoms with Gasteiger partial charge >= 0.3 is 5.97 Å². The summed E-state index contributed by atoms with van der Waals surface area (Å²) in [5.74, 6) is 0.0742. The molecule has 0 aromatic heterocycles. The molecule has 0 aromatic carbocycles. The van der Waals surface area contributed by atoms with Gasteiger partial charge in [0, 0.05) is 19.6 Å². The van der Waals surface area contributed by atoms with Crippen LogP contribution in [0.1, 0.15) is 51.9 Å². The number of aliphatic hydroxyl groups is 2. The van der Waals surface area contributed by atoms with Crippen molar-refractivity contribution in [2.75, 3.05) is 19.8 Å². The standard InChI is InChI=1S/C17H29NO4/c1-2-22-17(21)8-6-4-3-5-7-15-13(11-19)9-14(12-20)16(15)10-18/h13-16,19-20H,2-9,11-12H2,1H3. The van der Waals surface area contributed by atoms with Gasteiger partial charge in [0.15, 0.2) is 0 Å². The van der Waals surface area contributed by atoms with Crippen LogP contribution in [0, 0.1) is 35.0 Å². The molecule has 1 saturated carbocycles. The van der Waals surface area contributed by atoms with Crippen LogP contribution in [0.3, 0.4) is 0 Å². The maximum absolute atomic E-state index is 11.2. The van der Waals surface area contributed by atoms with Crippen molar-refractivity contribution in [3.8, 4) is 6.07 Å². The monoisotopic (exact) mass is 311 g/mol. The van der Waals surface area contributed by atoms with Crippen LogP contribution in [0.25, 0.3) is 0 Å². The fourth-order valence-corrected chi connectivity index (χ4v) is 3.60. The first-order valence-electron chi connectivity index (χ1n) is 8.44. The summed E-state index contributed by atoms with van der Waals surface area (Å²) in [6.07, 6.45) is 5.99. The number of nitrogens with zero attached hydrogens (tertiary/aromatic N) is 1. The molecule has 4 atom stereocenters. The number of carbonyl (C=O) groups is 1.